The fourth-order valence-electron chi connectivity index (χ4n) is 1.88. The Morgan fingerprint density at radius 2 is 2.19 bits per heavy atom. The predicted octanol–water partition coefficient (Wildman–Crippen LogP) is 1.48. The molecule has 1 aromatic carbocycles. The van der Waals surface area contributed by atoms with Gasteiger partial charge in [-0.25, -0.2) is 0 Å². The normalized spacial score (nSPS) is 10.8. The highest BCUT2D eigenvalue weighted by atomic mass is 16.6. The predicted molar refractivity (Wildman–Crippen MR) is 59.8 cm³/mol. The summed E-state index contributed by atoms with van der Waals surface area (Å²) in [6.45, 7) is -0.145. The summed E-state index contributed by atoms with van der Waals surface area (Å²) in [4.78, 5) is 13.1. The summed E-state index contributed by atoms with van der Waals surface area (Å²) in [5.41, 5.74) is 2.60. The number of rotatable bonds is 4. The first kappa shape index (κ1) is 10.6. The van der Waals surface area contributed by atoms with Gasteiger partial charge in [0.15, 0.2) is 0 Å². The highest BCUT2D eigenvalue weighted by Crippen LogP contribution is 2.23. The Bertz CT molecular complexity index is 519. The van der Waals surface area contributed by atoms with Gasteiger partial charge in [-0.3, -0.25) is 10.1 Å². The first-order valence-corrected chi connectivity index (χ1v) is 5.03. The summed E-state index contributed by atoms with van der Waals surface area (Å²) in [5, 5.41) is 20.4. The van der Waals surface area contributed by atoms with Crippen molar-refractivity contribution >= 4 is 10.9 Å². The molecule has 1 aromatic heterocycles. The third kappa shape index (κ3) is 1.90. The van der Waals surface area contributed by atoms with E-state index in [0.29, 0.717) is 6.42 Å². The van der Waals surface area contributed by atoms with Crippen molar-refractivity contribution in [3.8, 4) is 0 Å². The monoisotopic (exact) mass is 220 g/mol. The standard InChI is InChI=1S/C11H12N2O3/c14-7-9-2-1-3-10-11(9)8(6-12-10)4-5-13(15)16/h1-3,6,12,14H,4-5,7H2. The van der Waals surface area contributed by atoms with Gasteiger partial charge in [0.05, 0.1) is 6.61 Å². The van der Waals surface area contributed by atoms with E-state index in [4.69, 9.17) is 0 Å². The number of hydrogen-bond donors (Lipinski definition) is 2. The summed E-state index contributed by atoms with van der Waals surface area (Å²) in [6.07, 6.45) is 2.15. The first-order valence-electron chi connectivity index (χ1n) is 5.03. The zero-order chi connectivity index (χ0) is 11.5. The van der Waals surface area contributed by atoms with E-state index < -0.39 is 0 Å². The lowest BCUT2D eigenvalue weighted by atomic mass is 10.1. The Morgan fingerprint density at radius 3 is 2.88 bits per heavy atom. The molecule has 0 aliphatic carbocycles. The number of aromatic amines is 1. The van der Waals surface area contributed by atoms with Crippen LogP contribution >= 0.6 is 0 Å². The van der Waals surface area contributed by atoms with E-state index in [1.807, 2.05) is 18.2 Å². The van der Waals surface area contributed by atoms with Crippen molar-refractivity contribution in [1.29, 1.82) is 0 Å². The van der Waals surface area contributed by atoms with Crippen molar-refractivity contribution in [3.05, 3.63) is 45.6 Å². The topological polar surface area (TPSA) is 79.2 Å². The van der Waals surface area contributed by atoms with Crippen molar-refractivity contribution in [2.24, 2.45) is 0 Å². The van der Waals surface area contributed by atoms with Crippen LogP contribution in [0.1, 0.15) is 11.1 Å². The van der Waals surface area contributed by atoms with Gasteiger partial charge >= 0.3 is 0 Å². The van der Waals surface area contributed by atoms with Gasteiger partial charge in [0.1, 0.15) is 0 Å². The Kier molecular flexibility index (Phi) is 2.87. The number of benzene rings is 1. The van der Waals surface area contributed by atoms with Crippen molar-refractivity contribution in [2.45, 2.75) is 13.0 Å². The summed E-state index contributed by atoms with van der Waals surface area (Å²) < 4.78 is 0. The fraction of sp³-hybridized carbons (Fsp3) is 0.273. The average molecular weight is 220 g/mol. The van der Waals surface area contributed by atoms with E-state index in [0.717, 1.165) is 22.0 Å². The molecular weight excluding hydrogens is 208 g/mol. The molecule has 0 saturated carbocycles. The van der Waals surface area contributed by atoms with Crippen molar-refractivity contribution in [1.82, 2.24) is 4.98 Å². The second-order valence-electron chi connectivity index (χ2n) is 3.62. The molecule has 5 heteroatoms. The van der Waals surface area contributed by atoms with Gasteiger partial charge < -0.3 is 10.1 Å². The van der Waals surface area contributed by atoms with Crippen molar-refractivity contribution < 1.29 is 10.0 Å². The molecule has 2 rings (SSSR count). The molecule has 0 aliphatic rings. The molecule has 84 valence electrons. The SMILES string of the molecule is O=[N+]([O-])CCc1c[nH]c2cccc(CO)c12. The molecular formula is C11H12N2O3. The molecule has 5 nitrogen and oxygen atoms in total. The number of hydrogen-bond acceptors (Lipinski definition) is 3. The van der Waals surface area contributed by atoms with E-state index in [9.17, 15) is 15.2 Å². The third-order valence-corrected chi connectivity index (χ3v) is 2.61. The minimum atomic E-state index is -0.333. The highest BCUT2D eigenvalue weighted by molar-refractivity contribution is 5.86. The molecule has 0 spiro atoms. The molecule has 16 heavy (non-hydrogen) atoms. The molecule has 0 radical (unpaired) electrons. The van der Waals surface area contributed by atoms with Crippen LogP contribution in [-0.4, -0.2) is 21.6 Å². The van der Waals surface area contributed by atoms with Crippen LogP contribution in [0.25, 0.3) is 10.9 Å². The maximum absolute atomic E-state index is 10.3. The lowest BCUT2D eigenvalue weighted by Gasteiger charge is -2.01. The number of nitro groups is 1. The second kappa shape index (κ2) is 4.32. The molecule has 2 aromatic rings. The maximum Gasteiger partial charge on any atom is 0.207 e. The zero-order valence-electron chi connectivity index (χ0n) is 8.64. The van der Waals surface area contributed by atoms with E-state index in [2.05, 4.69) is 4.98 Å². The highest BCUT2D eigenvalue weighted by Gasteiger charge is 2.09. The number of fused-ring (bicyclic) bond motifs is 1. The number of H-pyrrole nitrogens is 1. The molecule has 0 bridgehead atoms. The molecule has 0 atom stereocenters. The van der Waals surface area contributed by atoms with E-state index >= 15 is 0 Å². The first-order chi connectivity index (χ1) is 7.72. The molecule has 0 aliphatic heterocycles. The Labute approximate surface area is 91.9 Å². The minimum absolute atomic E-state index is 0.0549. The Morgan fingerprint density at radius 1 is 1.38 bits per heavy atom. The van der Waals surface area contributed by atoms with Gasteiger partial charge in [-0.1, -0.05) is 12.1 Å². The van der Waals surface area contributed by atoms with Crippen LogP contribution in [0.2, 0.25) is 0 Å². The molecule has 0 amide bonds. The van der Waals surface area contributed by atoms with E-state index in [1.54, 1.807) is 6.20 Å². The smallest absolute Gasteiger partial charge is 0.207 e. The molecule has 2 N–H and O–H groups in total. The summed E-state index contributed by atoms with van der Waals surface area (Å²) in [7, 11) is 0. The Hall–Kier alpha value is -1.88. The van der Waals surface area contributed by atoms with Gasteiger partial charge in [-0.15, -0.1) is 0 Å². The minimum Gasteiger partial charge on any atom is -0.392 e. The van der Waals surface area contributed by atoms with Crippen LogP contribution in [0.3, 0.4) is 0 Å². The van der Waals surface area contributed by atoms with Crippen LogP contribution in [0, 0.1) is 10.1 Å². The molecule has 0 unspecified atom stereocenters. The lowest BCUT2D eigenvalue weighted by Crippen LogP contribution is -2.03. The van der Waals surface area contributed by atoms with Crippen LogP contribution in [0.4, 0.5) is 0 Å². The lowest BCUT2D eigenvalue weighted by molar-refractivity contribution is -0.479. The van der Waals surface area contributed by atoms with Crippen LogP contribution in [0.15, 0.2) is 24.4 Å². The molecule has 1 heterocycles. The fourth-order valence-corrected chi connectivity index (χ4v) is 1.88. The van der Waals surface area contributed by atoms with Crippen molar-refractivity contribution in [3.63, 3.8) is 0 Å². The van der Waals surface area contributed by atoms with Crippen LogP contribution < -0.4 is 0 Å². The van der Waals surface area contributed by atoms with Crippen molar-refractivity contribution in [2.75, 3.05) is 6.54 Å². The summed E-state index contributed by atoms with van der Waals surface area (Å²) in [6, 6.07) is 5.57. The summed E-state index contributed by atoms with van der Waals surface area (Å²) >= 11 is 0. The number of nitrogens with one attached hydrogen (secondary N) is 1. The van der Waals surface area contributed by atoms with E-state index in [1.165, 1.54) is 0 Å². The van der Waals surface area contributed by atoms with Crippen LogP contribution in [0.5, 0.6) is 0 Å². The second-order valence-corrected chi connectivity index (χ2v) is 3.62. The molecule has 0 saturated heterocycles. The van der Waals surface area contributed by atoms with Gasteiger partial charge in [0, 0.05) is 28.4 Å². The van der Waals surface area contributed by atoms with Gasteiger partial charge in [0.25, 0.3) is 0 Å². The molecule has 0 fully saturated rings. The number of aliphatic hydroxyl groups is 1. The number of aromatic nitrogens is 1. The van der Waals surface area contributed by atoms with Gasteiger partial charge in [-0.2, -0.15) is 0 Å². The quantitative estimate of drug-likeness (QED) is 0.605. The largest absolute Gasteiger partial charge is 0.392 e. The Balaban J connectivity index is 2.41. The number of aliphatic hydroxyl groups excluding tert-OH is 1. The average Bonchev–Trinajstić information content (AvgIpc) is 2.69. The third-order valence-electron chi connectivity index (χ3n) is 2.61. The zero-order valence-corrected chi connectivity index (χ0v) is 8.64. The van der Waals surface area contributed by atoms with Gasteiger partial charge in [0.2, 0.25) is 6.54 Å². The van der Waals surface area contributed by atoms with Gasteiger partial charge in [-0.05, 0) is 17.2 Å². The van der Waals surface area contributed by atoms with Crippen LogP contribution in [-0.2, 0) is 13.0 Å². The summed E-state index contributed by atoms with van der Waals surface area (Å²) in [5.74, 6) is 0. The van der Waals surface area contributed by atoms with E-state index in [-0.39, 0.29) is 18.1 Å². The number of nitrogens with zero attached hydrogens (tertiary/aromatic N) is 1. The maximum atomic E-state index is 10.3.